The van der Waals surface area contributed by atoms with Crippen molar-refractivity contribution in [1.29, 1.82) is 0 Å². The van der Waals surface area contributed by atoms with Crippen molar-refractivity contribution >= 4 is 21.6 Å². The monoisotopic (exact) mass is 418 g/mol. The minimum absolute atomic E-state index is 0.192. The maximum atomic E-state index is 13.0. The second-order valence-electron chi connectivity index (χ2n) is 7.26. The molecule has 0 aromatic heterocycles. The van der Waals surface area contributed by atoms with Crippen molar-refractivity contribution in [3.05, 3.63) is 59.2 Å². The third kappa shape index (κ3) is 5.50. The Labute approximate surface area is 173 Å². The minimum Gasteiger partial charge on any atom is -0.497 e. The van der Waals surface area contributed by atoms with Gasteiger partial charge < -0.3 is 10.1 Å². The Hall–Kier alpha value is -2.54. The molecule has 0 aliphatic carbocycles. The number of methoxy groups -OCH3 is 1. The molecular weight excluding hydrogens is 388 g/mol. The summed E-state index contributed by atoms with van der Waals surface area (Å²) in [6, 6.07) is 11.6. The predicted molar refractivity (Wildman–Crippen MR) is 117 cm³/mol. The fourth-order valence-electron chi connectivity index (χ4n) is 3.45. The van der Waals surface area contributed by atoms with Gasteiger partial charge in [-0.1, -0.05) is 30.7 Å². The van der Waals surface area contributed by atoms with Crippen LogP contribution in [0.5, 0.6) is 5.75 Å². The van der Waals surface area contributed by atoms with Crippen LogP contribution in [0.4, 0.5) is 5.69 Å². The lowest BCUT2D eigenvalue weighted by Crippen LogP contribution is -2.48. The van der Waals surface area contributed by atoms with Crippen LogP contribution >= 0.6 is 0 Å². The molecule has 158 valence electrons. The average Bonchev–Trinajstić information content (AvgIpc) is 2.66. The maximum absolute atomic E-state index is 13.0. The summed E-state index contributed by atoms with van der Waals surface area (Å²) < 4.78 is 31.2. The molecule has 0 bridgehead atoms. The van der Waals surface area contributed by atoms with Crippen molar-refractivity contribution in [2.24, 2.45) is 0 Å². The molecule has 0 heterocycles. The first-order valence-corrected chi connectivity index (χ1v) is 11.4. The second-order valence-corrected chi connectivity index (χ2v) is 9.12. The molecule has 2 aromatic rings. The second kappa shape index (κ2) is 9.31. The highest BCUT2D eigenvalue weighted by atomic mass is 32.2. The minimum atomic E-state index is -3.67. The zero-order chi connectivity index (χ0) is 21.8. The van der Waals surface area contributed by atoms with Gasteiger partial charge in [0.25, 0.3) is 0 Å². The Morgan fingerprint density at radius 3 is 2.24 bits per heavy atom. The van der Waals surface area contributed by atoms with Crippen LogP contribution in [0, 0.1) is 13.8 Å². The van der Waals surface area contributed by atoms with Crippen molar-refractivity contribution in [3.8, 4) is 5.75 Å². The van der Waals surface area contributed by atoms with Gasteiger partial charge in [-0.25, -0.2) is 8.42 Å². The Kier molecular flexibility index (Phi) is 7.30. The van der Waals surface area contributed by atoms with E-state index in [9.17, 15) is 13.2 Å². The molecule has 7 heteroatoms. The van der Waals surface area contributed by atoms with Crippen LogP contribution in [0.1, 0.15) is 43.0 Å². The number of benzene rings is 2. The zero-order valence-corrected chi connectivity index (χ0v) is 18.7. The lowest BCUT2D eigenvalue weighted by atomic mass is 9.97. The number of sulfonamides is 1. The molecule has 1 amide bonds. The van der Waals surface area contributed by atoms with Gasteiger partial charge in [-0.2, -0.15) is 0 Å². The SMILES string of the molecule is CC[C@H](NC(=O)[C@H](C)N(c1ccc(OC)cc1)S(C)(=O)=O)c1ccc(C)cc1C. The summed E-state index contributed by atoms with van der Waals surface area (Å²) >= 11 is 0. The number of carbonyl (C=O) groups is 1. The summed E-state index contributed by atoms with van der Waals surface area (Å²) in [6.07, 6.45) is 1.80. The molecule has 0 aliphatic heterocycles. The van der Waals surface area contributed by atoms with Crippen LogP contribution in [-0.4, -0.2) is 33.7 Å². The van der Waals surface area contributed by atoms with E-state index in [1.165, 1.54) is 7.11 Å². The largest absolute Gasteiger partial charge is 0.497 e. The molecular formula is C22H30N2O4S. The van der Waals surface area contributed by atoms with Gasteiger partial charge in [0.1, 0.15) is 11.8 Å². The van der Waals surface area contributed by atoms with Crippen LogP contribution in [0.3, 0.4) is 0 Å². The van der Waals surface area contributed by atoms with E-state index in [4.69, 9.17) is 4.74 Å². The summed E-state index contributed by atoms with van der Waals surface area (Å²) in [5, 5.41) is 3.02. The average molecular weight is 419 g/mol. The number of ether oxygens (including phenoxy) is 1. The molecule has 0 fully saturated rings. The van der Waals surface area contributed by atoms with E-state index in [0.717, 1.165) is 27.3 Å². The number of anilines is 1. The molecule has 0 spiro atoms. The molecule has 1 N–H and O–H groups in total. The van der Waals surface area contributed by atoms with Gasteiger partial charge in [-0.15, -0.1) is 0 Å². The molecule has 0 aliphatic rings. The van der Waals surface area contributed by atoms with Crippen LogP contribution < -0.4 is 14.4 Å². The van der Waals surface area contributed by atoms with Crippen LogP contribution in [-0.2, 0) is 14.8 Å². The smallest absolute Gasteiger partial charge is 0.244 e. The van der Waals surface area contributed by atoms with Gasteiger partial charge >= 0.3 is 0 Å². The van der Waals surface area contributed by atoms with Gasteiger partial charge in [0.05, 0.1) is 25.1 Å². The van der Waals surface area contributed by atoms with E-state index in [1.54, 1.807) is 31.2 Å². The Balaban J connectivity index is 2.30. The molecule has 2 rings (SSSR count). The summed E-state index contributed by atoms with van der Waals surface area (Å²) in [5.41, 5.74) is 3.70. The third-order valence-corrected chi connectivity index (χ3v) is 6.18. The molecule has 2 atom stereocenters. The van der Waals surface area contributed by atoms with E-state index in [1.807, 2.05) is 32.9 Å². The summed E-state index contributed by atoms with van der Waals surface area (Å²) in [6.45, 7) is 7.63. The number of nitrogens with one attached hydrogen (secondary N) is 1. The summed E-state index contributed by atoms with van der Waals surface area (Å²) in [7, 11) is -2.13. The van der Waals surface area contributed by atoms with E-state index < -0.39 is 16.1 Å². The standard InChI is InChI=1S/C22H30N2O4S/c1-7-21(20-13-8-15(2)14-16(20)3)23-22(25)17(4)24(29(6,26)27)18-9-11-19(28-5)12-10-18/h8-14,17,21H,7H2,1-6H3,(H,23,25)/t17-,21-/m0/s1. The van der Waals surface area contributed by atoms with Crippen molar-refractivity contribution in [3.63, 3.8) is 0 Å². The molecule has 2 aromatic carbocycles. The number of carbonyl (C=O) groups excluding carboxylic acids is 1. The van der Waals surface area contributed by atoms with E-state index in [0.29, 0.717) is 17.9 Å². The number of aryl methyl sites for hydroxylation is 2. The van der Waals surface area contributed by atoms with Gasteiger partial charge in [0.15, 0.2) is 0 Å². The molecule has 0 saturated carbocycles. The first-order chi connectivity index (χ1) is 13.6. The Morgan fingerprint density at radius 2 is 1.76 bits per heavy atom. The van der Waals surface area contributed by atoms with Crippen LogP contribution in [0.2, 0.25) is 0 Å². The first-order valence-electron chi connectivity index (χ1n) is 9.59. The third-order valence-electron chi connectivity index (χ3n) is 4.94. The van der Waals surface area contributed by atoms with E-state index in [2.05, 4.69) is 11.4 Å². The lowest BCUT2D eigenvalue weighted by Gasteiger charge is -2.30. The topological polar surface area (TPSA) is 75.7 Å². The van der Waals surface area contributed by atoms with Crippen molar-refractivity contribution in [2.75, 3.05) is 17.7 Å². The number of hydrogen-bond donors (Lipinski definition) is 1. The number of nitrogens with zero attached hydrogens (tertiary/aromatic N) is 1. The lowest BCUT2D eigenvalue weighted by molar-refractivity contribution is -0.122. The van der Waals surface area contributed by atoms with Crippen molar-refractivity contribution in [1.82, 2.24) is 5.32 Å². The molecule has 29 heavy (non-hydrogen) atoms. The van der Waals surface area contributed by atoms with Gasteiger partial charge in [-0.05, 0) is 62.6 Å². The van der Waals surface area contributed by atoms with E-state index in [-0.39, 0.29) is 11.9 Å². The Bertz CT molecular complexity index is 955. The quantitative estimate of drug-likeness (QED) is 0.709. The molecule has 0 unspecified atom stereocenters. The highest BCUT2D eigenvalue weighted by Crippen LogP contribution is 2.26. The van der Waals surface area contributed by atoms with Crippen molar-refractivity contribution in [2.45, 2.75) is 46.2 Å². The first kappa shape index (κ1) is 22.7. The number of amides is 1. The number of rotatable bonds is 8. The summed E-state index contributed by atoms with van der Waals surface area (Å²) in [4.78, 5) is 13.0. The fraction of sp³-hybridized carbons (Fsp3) is 0.409. The van der Waals surface area contributed by atoms with Gasteiger partial charge in [-0.3, -0.25) is 9.10 Å². The highest BCUT2D eigenvalue weighted by Gasteiger charge is 2.30. The fourth-order valence-corrected chi connectivity index (χ4v) is 4.62. The zero-order valence-electron chi connectivity index (χ0n) is 17.9. The van der Waals surface area contributed by atoms with Crippen molar-refractivity contribution < 1.29 is 17.9 Å². The van der Waals surface area contributed by atoms with Crippen LogP contribution in [0.25, 0.3) is 0 Å². The van der Waals surface area contributed by atoms with Crippen LogP contribution in [0.15, 0.2) is 42.5 Å². The van der Waals surface area contributed by atoms with Gasteiger partial charge in [0, 0.05) is 0 Å². The van der Waals surface area contributed by atoms with E-state index >= 15 is 0 Å². The maximum Gasteiger partial charge on any atom is 0.244 e. The Morgan fingerprint density at radius 1 is 1.14 bits per heavy atom. The normalized spacial score (nSPS) is 13.4. The molecule has 0 saturated heterocycles. The summed E-state index contributed by atoms with van der Waals surface area (Å²) in [5.74, 6) is 0.262. The molecule has 0 radical (unpaired) electrons. The number of hydrogen-bond acceptors (Lipinski definition) is 4. The highest BCUT2D eigenvalue weighted by molar-refractivity contribution is 7.92. The molecule has 6 nitrogen and oxygen atoms in total. The predicted octanol–water partition coefficient (Wildman–Crippen LogP) is 3.73. The van der Waals surface area contributed by atoms with Gasteiger partial charge in [0.2, 0.25) is 15.9 Å².